The summed E-state index contributed by atoms with van der Waals surface area (Å²) < 4.78 is 5.78. The first kappa shape index (κ1) is 20.9. The van der Waals surface area contributed by atoms with Gasteiger partial charge in [0.25, 0.3) is 0 Å². The van der Waals surface area contributed by atoms with E-state index in [2.05, 4.69) is 89.9 Å². The van der Waals surface area contributed by atoms with Gasteiger partial charge in [0, 0.05) is 6.61 Å². The standard InChI is InChI=1S/C22H36OSi/c1-19(2)21(24(6,7)20-15-11-10-12-16-20)17-13-8-9-14-18-23-22(3,4)5/h10-13,15-17,21H,1,8-9,14,18H2,2-7H3/b17-13+/t21-/m0/s1. The van der Waals surface area contributed by atoms with Gasteiger partial charge in [-0.1, -0.05) is 72.9 Å². The molecular weight excluding hydrogens is 308 g/mol. The molecule has 0 aliphatic carbocycles. The lowest BCUT2D eigenvalue weighted by molar-refractivity contribution is -0.00447. The molecule has 0 saturated carbocycles. The van der Waals surface area contributed by atoms with Gasteiger partial charge in [-0.25, -0.2) is 0 Å². The van der Waals surface area contributed by atoms with Crippen molar-refractivity contribution in [3.8, 4) is 0 Å². The van der Waals surface area contributed by atoms with Gasteiger partial charge in [-0.3, -0.25) is 0 Å². The Kier molecular flexibility index (Phi) is 8.18. The van der Waals surface area contributed by atoms with Crippen LogP contribution in [0.2, 0.25) is 18.6 Å². The number of benzene rings is 1. The third kappa shape index (κ3) is 7.19. The van der Waals surface area contributed by atoms with E-state index in [1.54, 1.807) is 0 Å². The SMILES string of the molecule is C=C(C)[C@H](/C=C/CCCCOC(C)(C)C)[Si](C)(C)c1ccccc1. The van der Waals surface area contributed by atoms with Crippen LogP contribution in [0.25, 0.3) is 0 Å². The lowest BCUT2D eigenvalue weighted by Crippen LogP contribution is -2.45. The Bertz CT molecular complexity index is 523. The molecule has 134 valence electrons. The molecule has 2 heteroatoms. The van der Waals surface area contributed by atoms with E-state index in [-0.39, 0.29) is 5.60 Å². The summed E-state index contributed by atoms with van der Waals surface area (Å²) in [6.07, 6.45) is 8.19. The molecule has 0 spiro atoms. The molecular formula is C22H36OSi. The number of allylic oxidation sites excluding steroid dienone is 3. The summed E-state index contributed by atoms with van der Waals surface area (Å²) in [6.45, 7) is 18.5. The van der Waals surface area contributed by atoms with Gasteiger partial charge in [0.05, 0.1) is 13.7 Å². The second kappa shape index (κ2) is 9.38. The molecule has 1 nitrogen and oxygen atoms in total. The summed E-state index contributed by atoms with van der Waals surface area (Å²) in [5.41, 5.74) is 1.75. The molecule has 1 aromatic rings. The molecule has 0 aliphatic heterocycles. The van der Waals surface area contributed by atoms with E-state index in [1.165, 1.54) is 17.2 Å². The van der Waals surface area contributed by atoms with Crippen molar-refractivity contribution in [3.63, 3.8) is 0 Å². The number of rotatable bonds is 9. The minimum absolute atomic E-state index is 0.0216. The minimum Gasteiger partial charge on any atom is -0.376 e. The van der Waals surface area contributed by atoms with Crippen molar-refractivity contribution in [2.24, 2.45) is 0 Å². The lowest BCUT2D eigenvalue weighted by atomic mass is 10.1. The van der Waals surface area contributed by atoms with Crippen molar-refractivity contribution in [2.45, 2.75) is 71.2 Å². The zero-order valence-corrected chi connectivity index (χ0v) is 17.6. The molecule has 0 heterocycles. The highest BCUT2D eigenvalue weighted by atomic mass is 28.3. The maximum atomic E-state index is 5.78. The Balaban J connectivity index is 2.56. The van der Waals surface area contributed by atoms with Gasteiger partial charge in [0.15, 0.2) is 0 Å². The van der Waals surface area contributed by atoms with Gasteiger partial charge in [-0.15, -0.1) is 0 Å². The molecule has 0 amide bonds. The van der Waals surface area contributed by atoms with Crippen molar-refractivity contribution < 1.29 is 4.74 Å². The van der Waals surface area contributed by atoms with E-state index in [4.69, 9.17) is 4.74 Å². The zero-order chi connectivity index (χ0) is 18.2. The van der Waals surface area contributed by atoms with Crippen molar-refractivity contribution >= 4 is 13.3 Å². The topological polar surface area (TPSA) is 9.23 Å². The summed E-state index contributed by atoms with van der Waals surface area (Å²) in [6, 6.07) is 11.0. The van der Waals surface area contributed by atoms with Crippen molar-refractivity contribution in [3.05, 3.63) is 54.6 Å². The van der Waals surface area contributed by atoms with Crippen LogP contribution < -0.4 is 5.19 Å². The minimum atomic E-state index is -1.58. The first-order chi connectivity index (χ1) is 11.1. The van der Waals surface area contributed by atoms with E-state index >= 15 is 0 Å². The Morgan fingerprint density at radius 3 is 2.33 bits per heavy atom. The average Bonchev–Trinajstić information content (AvgIpc) is 2.49. The Labute approximate surface area is 150 Å². The maximum absolute atomic E-state index is 5.78. The third-order valence-electron chi connectivity index (χ3n) is 4.45. The fourth-order valence-corrected chi connectivity index (χ4v) is 6.30. The Hall–Kier alpha value is -1.12. The quantitative estimate of drug-likeness (QED) is 0.299. The first-order valence-corrected chi connectivity index (χ1v) is 12.2. The summed E-state index contributed by atoms with van der Waals surface area (Å²) >= 11 is 0. The second-order valence-corrected chi connectivity index (χ2v) is 12.9. The smallest absolute Gasteiger partial charge is 0.0914 e. The van der Waals surface area contributed by atoms with Crippen LogP contribution in [0.4, 0.5) is 0 Å². The van der Waals surface area contributed by atoms with E-state index in [0.717, 1.165) is 19.4 Å². The summed E-state index contributed by atoms with van der Waals surface area (Å²) in [5.74, 6) is 0. The van der Waals surface area contributed by atoms with Crippen molar-refractivity contribution in [1.82, 2.24) is 0 Å². The fourth-order valence-electron chi connectivity index (χ4n) is 3.04. The highest BCUT2D eigenvalue weighted by Gasteiger charge is 2.32. The lowest BCUT2D eigenvalue weighted by Gasteiger charge is -2.31. The predicted octanol–water partition coefficient (Wildman–Crippen LogP) is 6.09. The Morgan fingerprint density at radius 1 is 1.17 bits per heavy atom. The number of unbranched alkanes of at least 4 members (excludes halogenated alkanes) is 2. The van der Waals surface area contributed by atoms with Crippen LogP contribution in [0.3, 0.4) is 0 Å². The Morgan fingerprint density at radius 2 is 1.79 bits per heavy atom. The van der Waals surface area contributed by atoms with Gasteiger partial charge in [0.1, 0.15) is 0 Å². The van der Waals surface area contributed by atoms with Crippen LogP contribution in [0.1, 0.15) is 47.0 Å². The molecule has 0 aliphatic rings. The fraction of sp³-hybridized carbons (Fsp3) is 0.545. The van der Waals surface area contributed by atoms with Crippen LogP contribution in [0.5, 0.6) is 0 Å². The highest BCUT2D eigenvalue weighted by Crippen LogP contribution is 2.30. The van der Waals surface area contributed by atoms with Crippen molar-refractivity contribution in [1.29, 1.82) is 0 Å². The number of hydrogen-bond acceptors (Lipinski definition) is 1. The van der Waals surface area contributed by atoms with Crippen LogP contribution in [-0.2, 0) is 4.74 Å². The molecule has 0 unspecified atom stereocenters. The van der Waals surface area contributed by atoms with Crippen LogP contribution in [0, 0.1) is 0 Å². The van der Waals surface area contributed by atoms with Gasteiger partial charge in [-0.05, 0) is 52.5 Å². The van der Waals surface area contributed by atoms with Crippen LogP contribution in [0.15, 0.2) is 54.6 Å². The van der Waals surface area contributed by atoms with E-state index in [0.29, 0.717) is 5.54 Å². The zero-order valence-electron chi connectivity index (χ0n) is 16.6. The van der Waals surface area contributed by atoms with E-state index < -0.39 is 8.07 Å². The van der Waals surface area contributed by atoms with Crippen LogP contribution in [-0.4, -0.2) is 20.3 Å². The monoisotopic (exact) mass is 344 g/mol. The van der Waals surface area contributed by atoms with Gasteiger partial charge in [0.2, 0.25) is 0 Å². The third-order valence-corrected chi connectivity index (χ3v) is 8.52. The van der Waals surface area contributed by atoms with Gasteiger partial charge in [-0.2, -0.15) is 0 Å². The highest BCUT2D eigenvalue weighted by molar-refractivity contribution is 6.91. The normalized spacial score (nSPS) is 14.1. The molecule has 0 saturated heterocycles. The number of hydrogen-bond donors (Lipinski definition) is 0. The van der Waals surface area contributed by atoms with Crippen molar-refractivity contribution in [2.75, 3.05) is 6.61 Å². The molecule has 0 fully saturated rings. The van der Waals surface area contributed by atoms with Gasteiger partial charge < -0.3 is 4.74 Å². The van der Waals surface area contributed by atoms with Gasteiger partial charge >= 0.3 is 0 Å². The summed E-state index contributed by atoms with van der Waals surface area (Å²) in [7, 11) is -1.58. The summed E-state index contributed by atoms with van der Waals surface area (Å²) in [4.78, 5) is 0. The molecule has 0 radical (unpaired) electrons. The maximum Gasteiger partial charge on any atom is 0.0914 e. The first-order valence-electron chi connectivity index (χ1n) is 9.16. The second-order valence-electron chi connectivity index (χ2n) is 8.30. The average molecular weight is 345 g/mol. The number of ether oxygens (including phenoxy) is 1. The predicted molar refractivity (Wildman–Crippen MR) is 111 cm³/mol. The molecule has 24 heavy (non-hydrogen) atoms. The molecule has 0 N–H and O–H groups in total. The molecule has 0 aromatic heterocycles. The summed E-state index contributed by atoms with van der Waals surface area (Å²) in [5, 5.41) is 1.50. The largest absolute Gasteiger partial charge is 0.376 e. The van der Waals surface area contributed by atoms with E-state index in [9.17, 15) is 0 Å². The molecule has 1 rings (SSSR count). The molecule has 1 aromatic carbocycles. The van der Waals surface area contributed by atoms with Crippen LogP contribution >= 0.6 is 0 Å². The molecule has 0 bridgehead atoms. The molecule has 1 atom stereocenters. The van der Waals surface area contributed by atoms with E-state index in [1.807, 2.05) is 0 Å².